The van der Waals surface area contributed by atoms with Crippen LogP contribution in [0.15, 0.2) is 54.6 Å². The quantitative estimate of drug-likeness (QED) is 0.551. The minimum atomic E-state index is -0.237. The van der Waals surface area contributed by atoms with Crippen LogP contribution in [0.3, 0.4) is 0 Å². The van der Waals surface area contributed by atoms with Gasteiger partial charge in [0.1, 0.15) is 17.2 Å². The minimum absolute atomic E-state index is 0.237. The van der Waals surface area contributed by atoms with E-state index >= 15 is 0 Å². The van der Waals surface area contributed by atoms with Crippen LogP contribution in [-0.4, -0.2) is 59.3 Å². The molecule has 1 aromatic heterocycles. The Morgan fingerprint density at radius 3 is 2.50 bits per heavy atom. The minimum Gasteiger partial charge on any atom is -0.379 e. The molecule has 0 unspecified atom stereocenters. The van der Waals surface area contributed by atoms with Crippen molar-refractivity contribution in [2.45, 2.75) is 19.5 Å². The molecule has 0 atom stereocenters. The van der Waals surface area contributed by atoms with Crippen LogP contribution < -0.4 is 5.32 Å². The molecule has 1 fully saturated rings. The highest BCUT2D eigenvalue weighted by Gasteiger charge is 2.14. The summed E-state index contributed by atoms with van der Waals surface area (Å²) < 4.78 is 18.6. The Bertz CT molecular complexity index is 907. The molecule has 0 saturated carbocycles. The van der Waals surface area contributed by atoms with Gasteiger partial charge in [-0.3, -0.25) is 4.90 Å². The largest absolute Gasteiger partial charge is 0.379 e. The van der Waals surface area contributed by atoms with Crippen molar-refractivity contribution in [3.8, 4) is 11.3 Å². The van der Waals surface area contributed by atoms with Crippen molar-refractivity contribution >= 4 is 0 Å². The van der Waals surface area contributed by atoms with E-state index in [2.05, 4.69) is 10.2 Å². The molecule has 7 heteroatoms. The second-order valence-corrected chi connectivity index (χ2v) is 7.50. The van der Waals surface area contributed by atoms with E-state index in [-0.39, 0.29) is 5.82 Å². The third-order valence-corrected chi connectivity index (χ3v) is 5.23. The number of rotatable bonds is 9. The lowest BCUT2D eigenvalue weighted by Crippen LogP contribution is -2.37. The number of nitrogens with one attached hydrogen (secondary N) is 1. The average Bonchev–Trinajstić information content (AvgIpc) is 3.19. The molecular weight excluding hydrogens is 381 g/mol. The fraction of sp³-hybridized carbons (Fsp3) is 0.391. The van der Waals surface area contributed by atoms with Crippen LogP contribution in [0.5, 0.6) is 0 Å². The van der Waals surface area contributed by atoms with Crippen molar-refractivity contribution in [2.75, 3.05) is 39.4 Å². The second-order valence-electron chi connectivity index (χ2n) is 7.50. The molecular formula is C23H28FN5O. The Morgan fingerprint density at radius 2 is 1.73 bits per heavy atom. The summed E-state index contributed by atoms with van der Waals surface area (Å²) >= 11 is 0. The van der Waals surface area contributed by atoms with Crippen molar-refractivity contribution in [1.29, 1.82) is 0 Å². The second kappa shape index (κ2) is 10.4. The van der Waals surface area contributed by atoms with E-state index in [1.54, 1.807) is 16.9 Å². The molecule has 0 radical (unpaired) electrons. The highest BCUT2D eigenvalue weighted by Crippen LogP contribution is 2.20. The lowest BCUT2D eigenvalue weighted by Gasteiger charge is -2.26. The summed E-state index contributed by atoms with van der Waals surface area (Å²) in [6.45, 7) is 6.91. The van der Waals surface area contributed by atoms with E-state index in [4.69, 9.17) is 14.9 Å². The molecule has 3 aromatic rings. The van der Waals surface area contributed by atoms with Crippen molar-refractivity contribution in [1.82, 2.24) is 25.2 Å². The first-order valence-corrected chi connectivity index (χ1v) is 10.5. The van der Waals surface area contributed by atoms with E-state index in [0.29, 0.717) is 13.1 Å². The SMILES string of the molecule is Fc1ccc(Cn2nc(CNCCCN3CCOCC3)c(-c3ccccc3)n2)cc1. The molecule has 1 aliphatic rings. The van der Waals surface area contributed by atoms with Crippen LogP contribution in [0.4, 0.5) is 4.39 Å². The van der Waals surface area contributed by atoms with Gasteiger partial charge in [-0.2, -0.15) is 15.0 Å². The zero-order valence-electron chi connectivity index (χ0n) is 17.1. The topological polar surface area (TPSA) is 55.2 Å². The number of benzene rings is 2. The van der Waals surface area contributed by atoms with Crippen molar-refractivity contribution < 1.29 is 9.13 Å². The van der Waals surface area contributed by atoms with Crippen LogP contribution in [0.2, 0.25) is 0 Å². The summed E-state index contributed by atoms with van der Waals surface area (Å²) in [7, 11) is 0. The van der Waals surface area contributed by atoms with Crippen LogP contribution >= 0.6 is 0 Å². The van der Waals surface area contributed by atoms with Gasteiger partial charge in [0.05, 0.1) is 19.8 Å². The zero-order chi connectivity index (χ0) is 20.6. The molecule has 0 spiro atoms. The summed E-state index contributed by atoms with van der Waals surface area (Å²) in [4.78, 5) is 4.14. The maximum Gasteiger partial charge on any atom is 0.123 e. The highest BCUT2D eigenvalue weighted by atomic mass is 19.1. The molecule has 2 aromatic carbocycles. The smallest absolute Gasteiger partial charge is 0.123 e. The molecule has 0 amide bonds. The van der Waals surface area contributed by atoms with Gasteiger partial charge in [0, 0.05) is 25.2 Å². The lowest BCUT2D eigenvalue weighted by atomic mass is 10.1. The predicted molar refractivity (Wildman–Crippen MR) is 115 cm³/mol. The maximum atomic E-state index is 13.2. The predicted octanol–water partition coefficient (Wildman–Crippen LogP) is 2.94. The normalized spacial score (nSPS) is 14.8. The van der Waals surface area contributed by atoms with Gasteiger partial charge in [0.25, 0.3) is 0 Å². The van der Waals surface area contributed by atoms with Gasteiger partial charge in [0.2, 0.25) is 0 Å². The molecule has 1 N–H and O–H groups in total. The molecule has 2 heterocycles. The first-order valence-electron chi connectivity index (χ1n) is 10.5. The van der Waals surface area contributed by atoms with E-state index in [1.165, 1.54) is 12.1 Å². The molecule has 1 saturated heterocycles. The van der Waals surface area contributed by atoms with Crippen LogP contribution in [-0.2, 0) is 17.8 Å². The Labute approximate surface area is 176 Å². The van der Waals surface area contributed by atoms with Gasteiger partial charge in [0.15, 0.2) is 0 Å². The fourth-order valence-electron chi connectivity index (χ4n) is 3.60. The summed E-state index contributed by atoms with van der Waals surface area (Å²) in [5.41, 5.74) is 3.83. The van der Waals surface area contributed by atoms with E-state index in [0.717, 1.165) is 68.3 Å². The van der Waals surface area contributed by atoms with Gasteiger partial charge in [-0.05, 0) is 37.2 Å². The number of morpholine rings is 1. The summed E-state index contributed by atoms with van der Waals surface area (Å²) in [6.07, 6.45) is 1.09. The third-order valence-electron chi connectivity index (χ3n) is 5.23. The Kier molecular flexibility index (Phi) is 7.18. The van der Waals surface area contributed by atoms with Gasteiger partial charge < -0.3 is 10.1 Å². The van der Waals surface area contributed by atoms with Crippen molar-refractivity contribution in [2.24, 2.45) is 0 Å². The zero-order valence-corrected chi connectivity index (χ0v) is 17.1. The number of aromatic nitrogens is 3. The number of hydrogen-bond acceptors (Lipinski definition) is 5. The standard InChI is InChI=1S/C23H28FN5O/c24-21-9-7-19(8-10-21)18-29-26-22(23(27-29)20-5-2-1-3-6-20)17-25-11-4-12-28-13-15-30-16-14-28/h1-3,5-10,25H,4,11-18H2. The fourth-order valence-corrected chi connectivity index (χ4v) is 3.60. The van der Waals surface area contributed by atoms with Crippen LogP contribution in [0.1, 0.15) is 17.7 Å². The van der Waals surface area contributed by atoms with Crippen LogP contribution in [0, 0.1) is 5.82 Å². The van der Waals surface area contributed by atoms with Crippen LogP contribution in [0.25, 0.3) is 11.3 Å². The summed E-state index contributed by atoms with van der Waals surface area (Å²) in [5.74, 6) is -0.237. The van der Waals surface area contributed by atoms with E-state index in [1.807, 2.05) is 30.3 Å². The van der Waals surface area contributed by atoms with E-state index in [9.17, 15) is 4.39 Å². The average molecular weight is 410 g/mol. The highest BCUT2D eigenvalue weighted by molar-refractivity contribution is 5.60. The molecule has 158 valence electrons. The molecule has 6 nitrogen and oxygen atoms in total. The van der Waals surface area contributed by atoms with Gasteiger partial charge in [-0.25, -0.2) is 4.39 Å². The number of nitrogens with zero attached hydrogens (tertiary/aromatic N) is 4. The Balaban J connectivity index is 1.38. The summed E-state index contributed by atoms with van der Waals surface area (Å²) in [6, 6.07) is 16.6. The maximum absolute atomic E-state index is 13.2. The van der Waals surface area contributed by atoms with Crippen molar-refractivity contribution in [3.63, 3.8) is 0 Å². The van der Waals surface area contributed by atoms with Gasteiger partial charge >= 0.3 is 0 Å². The molecule has 4 rings (SSSR count). The third kappa shape index (κ3) is 5.72. The molecule has 0 bridgehead atoms. The summed E-state index contributed by atoms with van der Waals surface area (Å²) in [5, 5.41) is 12.9. The van der Waals surface area contributed by atoms with Crippen molar-refractivity contribution in [3.05, 3.63) is 71.7 Å². The molecule has 1 aliphatic heterocycles. The monoisotopic (exact) mass is 409 g/mol. The number of halogens is 1. The first-order chi connectivity index (χ1) is 14.8. The Hall–Kier alpha value is -2.61. The lowest BCUT2D eigenvalue weighted by molar-refractivity contribution is 0.0374. The van der Waals surface area contributed by atoms with Gasteiger partial charge in [-0.1, -0.05) is 42.5 Å². The van der Waals surface area contributed by atoms with Gasteiger partial charge in [-0.15, -0.1) is 0 Å². The number of hydrogen-bond donors (Lipinski definition) is 1. The Morgan fingerprint density at radius 1 is 0.967 bits per heavy atom. The first kappa shape index (κ1) is 20.7. The molecule has 0 aliphatic carbocycles. The molecule has 30 heavy (non-hydrogen) atoms. The van der Waals surface area contributed by atoms with E-state index < -0.39 is 0 Å². The number of ether oxygens (including phenoxy) is 1.